The van der Waals surface area contributed by atoms with E-state index in [0.29, 0.717) is 0 Å². The monoisotopic (exact) mass is 389 g/mol. The molecule has 0 spiro atoms. The van der Waals surface area contributed by atoms with E-state index in [1.807, 2.05) is 42.6 Å². The first-order chi connectivity index (χ1) is 14.9. The highest BCUT2D eigenvalue weighted by atomic mass is 15.2. The van der Waals surface area contributed by atoms with Crippen LogP contribution >= 0.6 is 0 Å². The van der Waals surface area contributed by atoms with E-state index in [1.54, 1.807) is 24.8 Å². The number of H-pyrrole nitrogens is 2. The lowest BCUT2D eigenvalue weighted by atomic mass is 10.0. The zero-order valence-corrected chi connectivity index (χ0v) is 15.7. The van der Waals surface area contributed by atoms with Gasteiger partial charge in [0.05, 0.1) is 11.4 Å². The smallest absolute Gasteiger partial charge is 0.155 e. The SMILES string of the molecule is c1ccc(-c2cnc3[nH]nc(-c4cc5c(-c6ccncc6)ccnc5[nH]4)c3c2)nc1. The second-order valence-electron chi connectivity index (χ2n) is 6.95. The van der Waals surface area contributed by atoms with Crippen LogP contribution in [0, 0.1) is 0 Å². The summed E-state index contributed by atoms with van der Waals surface area (Å²) in [5.41, 5.74) is 7.22. The first-order valence-corrected chi connectivity index (χ1v) is 9.51. The minimum atomic E-state index is 0.727. The molecule has 6 aromatic rings. The molecule has 2 N–H and O–H groups in total. The van der Waals surface area contributed by atoms with Crippen LogP contribution < -0.4 is 0 Å². The second kappa shape index (κ2) is 6.59. The first kappa shape index (κ1) is 16.6. The number of nitrogens with zero attached hydrogens (tertiary/aromatic N) is 5. The maximum absolute atomic E-state index is 4.53. The van der Waals surface area contributed by atoms with E-state index in [9.17, 15) is 0 Å². The molecule has 0 saturated carbocycles. The van der Waals surface area contributed by atoms with Gasteiger partial charge in [-0.1, -0.05) is 6.07 Å². The molecule has 0 aliphatic carbocycles. The molecule has 142 valence electrons. The Morgan fingerprint density at radius 1 is 0.700 bits per heavy atom. The van der Waals surface area contributed by atoms with Crippen molar-refractivity contribution in [2.45, 2.75) is 0 Å². The Labute approximate surface area is 170 Å². The van der Waals surface area contributed by atoms with E-state index in [2.05, 4.69) is 47.2 Å². The van der Waals surface area contributed by atoms with Crippen molar-refractivity contribution in [1.29, 1.82) is 0 Å². The zero-order chi connectivity index (χ0) is 19.9. The van der Waals surface area contributed by atoms with Gasteiger partial charge in [-0.25, -0.2) is 9.97 Å². The van der Waals surface area contributed by atoms with Crippen LogP contribution in [0.4, 0.5) is 0 Å². The lowest BCUT2D eigenvalue weighted by Crippen LogP contribution is -1.85. The van der Waals surface area contributed by atoms with Crippen LogP contribution in [0.15, 0.2) is 79.5 Å². The molecular weight excluding hydrogens is 374 g/mol. The van der Waals surface area contributed by atoms with Gasteiger partial charge in [-0.2, -0.15) is 5.10 Å². The highest BCUT2D eigenvalue weighted by Gasteiger charge is 2.15. The lowest BCUT2D eigenvalue weighted by molar-refractivity contribution is 1.10. The number of hydrogen-bond acceptors (Lipinski definition) is 5. The normalized spacial score (nSPS) is 11.3. The quantitative estimate of drug-likeness (QED) is 0.460. The minimum absolute atomic E-state index is 0.727. The average molecular weight is 389 g/mol. The van der Waals surface area contributed by atoms with Gasteiger partial charge in [0.1, 0.15) is 11.3 Å². The number of hydrogen-bond donors (Lipinski definition) is 2. The summed E-state index contributed by atoms with van der Waals surface area (Å²) in [6.07, 6.45) is 8.98. The third-order valence-electron chi connectivity index (χ3n) is 5.16. The largest absolute Gasteiger partial charge is 0.338 e. The molecular formula is C23H15N7. The molecule has 6 heterocycles. The molecule has 6 rings (SSSR count). The maximum atomic E-state index is 4.53. The molecule has 0 bridgehead atoms. The fraction of sp³-hybridized carbons (Fsp3) is 0. The van der Waals surface area contributed by atoms with E-state index < -0.39 is 0 Å². The predicted molar refractivity (Wildman–Crippen MR) is 115 cm³/mol. The van der Waals surface area contributed by atoms with Gasteiger partial charge in [-0.3, -0.25) is 15.1 Å². The summed E-state index contributed by atoms with van der Waals surface area (Å²) < 4.78 is 0. The maximum Gasteiger partial charge on any atom is 0.155 e. The average Bonchev–Trinajstić information content (AvgIpc) is 3.43. The van der Waals surface area contributed by atoms with Crippen molar-refractivity contribution in [3.63, 3.8) is 0 Å². The number of aromatic nitrogens is 7. The highest BCUT2D eigenvalue weighted by Crippen LogP contribution is 2.33. The molecule has 0 saturated heterocycles. The molecule has 0 amide bonds. The van der Waals surface area contributed by atoms with E-state index in [1.165, 1.54) is 0 Å². The number of aromatic amines is 2. The van der Waals surface area contributed by atoms with Crippen LogP contribution in [0.3, 0.4) is 0 Å². The number of pyridine rings is 4. The Kier molecular flexibility index (Phi) is 3.64. The van der Waals surface area contributed by atoms with Crippen LogP contribution in [-0.2, 0) is 0 Å². The molecule has 0 aliphatic heterocycles. The first-order valence-electron chi connectivity index (χ1n) is 9.51. The minimum Gasteiger partial charge on any atom is -0.338 e. The van der Waals surface area contributed by atoms with Gasteiger partial charge in [-0.15, -0.1) is 0 Å². The summed E-state index contributed by atoms with van der Waals surface area (Å²) in [5.74, 6) is 0. The van der Waals surface area contributed by atoms with Gasteiger partial charge in [0.15, 0.2) is 5.65 Å². The highest BCUT2D eigenvalue weighted by molar-refractivity contribution is 5.99. The van der Waals surface area contributed by atoms with E-state index in [-0.39, 0.29) is 0 Å². The number of rotatable bonds is 3. The Balaban J connectivity index is 1.52. The van der Waals surface area contributed by atoms with Crippen molar-refractivity contribution >= 4 is 22.1 Å². The fourth-order valence-electron chi connectivity index (χ4n) is 3.72. The van der Waals surface area contributed by atoms with Crippen molar-refractivity contribution in [3.8, 4) is 33.8 Å². The molecule has 7 heteroatoms. The molecule has 0 fully saturated rings. The van der Waals surface area contributed by atoms with Crippen LogP contribution in [0.5, 0.6) is 0 Å². The third-order valence-corrected chi connectivity index (χ3v) is 5.16. The van der Waals surface area contributed by atoms with Gasteiger partial charge in [-0.05, 0) is 53.6 Å². The van der Waals surface area contributed by atoms with Crippen molar-refractivity contribution in [2.75, 3.05) is 0 Å². The van der Waals surface area contributed by atoms with Crippen molar-refractivity contribution in [2.24, 2.45) is 0 Å². The van der Waals surface area contributed by atoms with Gasteiger partial charge in [0, 0.05) is 47.3 Å². The van der Waals surface area contributed by atoms with Crippen LogP contribution in [0.25, 0.3) is 55.8 Å². The summed E-state index contributed by atoms with van der Waals surface area (Å²) in [6, 6.07) is 16.0. The van der Waals surface area contributed by atoms with E-state index >= 15 is 0 Å². The van der Waals surface area contributed by atoms with E-state index in [0.717, 1.165) is 55.8 Å². The van der Waals surface area contributed by atoms with Crippen LogP contribution in [0.2, 0.25) is 0 Å². The Morgan fingerprint density at radius 3 is 2.50 bits per heavy atom. The van der Waals surface area contributed by atoms with Crippen molar-refractivity contribution in [1.82, 2.24) is 35.1 Å². The number of fused-ring (bicyclic) bond motifs is 2. The summed E-state index contributed by atoms with van der Waals surface area (Å²) in [7, 11) is 0. The fourth-order valence-corrected chi connectivity index (χ4v) is 3.72. The van der Waals surface area contributed by atoms with Crippen LogP contribution in [-0.4, -0.2) is 35.1 Å². The van der Waals surface area contributed by atoms with Gasteiger partial charge in [0.25, 0.3) is 0 Å². The standard InChI is InChI=1S/C23H15N7/c1-2-7-25-19(3-1)15-11-18-21(29-30-23(18)27-13-15)20-12-17-16(6-10-26-22(17)28-20)14-4-8-24-9-5-14/h1-13H,(H,26,28)(H,27,29,30). The molecule has 0 atom stereocenters. The zero-order valence-electron chi connectivity index (χ0n) is 15.7. The molecule has 0 aliphatic rings. The van der Waals surface area contributed by atoms with Crippen molar-refractivity contribution in [3.05, 3.63) is 79.5 Å². The third kappa shape index (κ3) is 2.64. The summed E-state index contributed by atoms with van der Waals surface area (Å²) in [4.78, 5) is 21.0. The summed E-state index contributed by atoms with van der Waals surface area (Å²) >= 11 is 0. The molecule has 6 aromatic heterocycles. The molecule has 0 radical (unpaired) electrons. The molecule has 0 unspecified atom stereocenters. The van der Waals surface area contributed by atoms with Gasteiger partial charge in [0.2, 0.25) is 0 Å². The number of nitrogens with one attached hydrogen (secondary N) is 2. The van der Waals surface area contributed by atoms with Gasteiger partial charge < -0.3 is 4.98 Å². The summed E-state index contributed by atoms with van der Waals surface area (Å²) in [5, 5.41) is 9.50. The Hall–Kier alpha value is -4.39. The van der Waals surface area contributed by atoms with E-state index in [4.69, 9.17) is 0 Å². The van der Waals surface area contributed by atoms with Crippen LogP contribution in [0.1, 0.15) is 0 Å². The lowest BCUT2D eigenvalue weighted by Gasteiger charge is -2.01. The Morgan fingerprint density at radius 2 is 1.63 bits per heavy atom. The Bertz CT molecular complexity index is 1480. The second-order valence-corrected chi connectivity index (χ2v) is 6.95. The summed E-state index contributed by atoms with van der Waals surface area (Å²) in [6.45, 7) is 0. The van der Waals surface area contributed by atoms with Crippen molar-refractivity contribution < 1.29 is 0 Å². The molecule has 0 aromatic carbocycles. The van der Waals surface area contributed by atoms with Gasteiger partial charge >= 0.3 is 0 Å². The molecule has 30 heavy (non-hydrogen) atoms. The topological polar surface area (TPSA) is 96.0 Å². The predicted octanol–water partition coefficient (Wildman–Crippen LogP) is 4.63. The molecule has 7 nitrogen and oxygen atoms in total.